The van der Waals surface area contributed by atoms with Crippen LogP contribution in [-0.2, 0) is 62.3 Å². The molecule has 3 aliphatic rings. The molecule has 9 amide bonds. The van der Waals surface area contributed by atoms with Crippen molar-refractivity contribution in [1.82, 2.24) is 44.5 Å². The highest BCUT2D eigenvalue weighted by Gasteiger charge is 2.47. The molecule has 2 bridgehead atoms. The van der Waals surface area contributed by atoms with E-state index >= 15 is 33.6 Å². The predicted octanol–water partition coefficient (Wildman–Crippen LogP) is 6.69. The summed E-state index contributed by atoms with van der Waals surface area (Å²) in [6.45, 7) is 31.0. The highest BCUT2D eigenvalue weighted by molar-refractivity contribution is 6.00. The zero-order valence-electron chi connectivity index (χ0n) is 63.0. The molecule has 3 heterocycles. The zero-order chi connectivity index (χ0) is 73.4. The molecule has 0 aliphatic carbocycles. The van der Waals surface area contributed by atoms with Gasteiger partial charge in [0.1, 0.15) is 42.0 Å². The highest BCUT2D eigenvalue weighted by atomic mass is 16.5. The van der Waals surface area contributed by atoms with Gasteiger partial charge in [-0.1, -0.05) is 116 Å². The Bertz CT molecular complexity index is 2720. The second-order valence-electron chi connectivity index (χ2n) is 30.5. The standard InChI is InChI=1S/C73H125N9O14/c1-25-27-28-47(14)65(87)64-66(88)74-54(26-2)70(92)75(18)50(17)68(90)80(23)63(46(13)29-32-61(86)82-39-51-30-31-52(40-82)96-51)60(85)38-53(44(9)10)69(91)76(19)55(33-41(3)4)59(84)36-48(15)58(83)37-49(16)67(89)77(20)56(34-42(5)6)71(93)78(21)57(35-43(7)8)72(94)79(22)62(45(11)12)73(95)81(64)24/h25,27,41-57,62-65,87H,26,28-40H2,1-24H3,(H,74,88)/b27-25+/t46-,47-,48-,49+,50-,51?,52?,53+,54+,55+,56+,57+,62+,63+,64+,65-/m1/s1. The molecule has 16 atom stereocenters. The maximum atomic E-state index is 15.3. The topological polar surface area (TPSA) is 272 Å². The third-order valence-electron chi connectivity index (χ3n) is 20.5. The summed E-state index contributed by atoms with van der Waals surface area (Å²) in [4.78, 5) is 189. The molecule has 2 N–H and O–H groups in total. The maximum absolute atomic E-state index is 15.3. The number of allylic oxidation sites excluding steroid dienone is 2. The molecular formula is C73H125N9O14. The summed E-state index contributed by atoms with van der Waals surface area (Å²) in [6, 6.07) is -9.98. The minimum absolute atomic E-state index is 0.00669. The van der Waals surface area contributed by atoms with E-state index in [1.54, 1.807) is 80.2 Å². The van der Waals surface area contributed by atoms with Gasteiger partial charge in [0, 0.05) is 106 Å². The summed E-state index contributed by atoms with van der Waals surface area (Å²) in [7, 11) is 10.2. The number of amides is 9. The number of carbonyl (C=O) groups excluding carboxylic acids is 12. The monoisotopic (exact) mass is 1350 g/mol. The van der Waals surface area contributed by atoms with Gasteiger partial charge in [-0.2, -0.15) is 0 Å². The van der Waals surface area contributed by atoms with Crippen LogP contribution in [0.5, 0.6) is 0 Å². The van der Waals surface area contributed by atoms with E-state index < -0.39 is 149 Å². The summed E-state index contributed by atoms with van der Waals surface area (Å²) >= 11 is 0. The van der Waals surface area contributed by atoms with E-state index in [9.17, 15) is 29.1 Å². The third-order valence-corrected chi connectivity index (χ3v) is 20.5. The molecule has 23 heteroatoms. The molecule has 0 aromatic carbocycles. The Balaban J connectivity index is 2.33. The fourth-order valence-electron chi connectivity index (χ4n) is 14.1. The average Bonchev–Trinajstić information content (AvgIpc) is 0.905. The van der Waals surface area contributed by atoms with E-state index in [0.29, 0.717) is 19.5 Å². The van der Waals surface area contributed by atoms with E-state index in [4.69, 9.17) is 4.74 Å². The molecule has 546 valence electrons. The second kappa shape index (κ2) is 37.7. The number of likely N-dealkylation sites (N-methyl/N-ethyl adjacent to an activating group) is 7. The number of morpholine rings is 1. The number of Topliss-reactive ketones (excluding diaryl/α,β-unsaturated/α-hetero) is 3. The largest absolute Gasteiger partial charge is 0.390 e. The van der Waals surface area contributed by atoms with Gasteiger partial charge >= 0.3 is 0 Å². The lowest BCUT2D eigenvalue weighted by Gasteiger charge is -2.41. The van der Waals surface area contributed by atoms with E-state index in [1.165, 1.54) is 80.8 Å². The van der Waals surface area contributed by atoms with Gasteiger partial charge in [0.25, 0.3) is 0 Å². The Morgan fingerprint density at radius 2 is 1.00 bits per heavy atom. The van der Waals surface area contributed by atoms with Gasteiger partial charge in [0.2, 0.25) is 53.2 Å². The van der Waals surface area contributed by atoms with Gasteiger partial charge in [-0.15, -0.1) is 0 Å². The lowest BCUT2D eigenvalue weighted by Crippen LogP contribution is -2.63. The van der Waals surface area contributed by atoms with Crippen LogP contribution in [0.25, 0.3) is 0 Å². The van der Waals surface area contributed by atoms with Gasteiger partial charge in [-0.25, -0.2) is 0 Å². The van der Waals surface area contributed by atoms with Gasteiger partial charge < -0.3 is 54.4 Å². The summed E-state index contributed by atoms with van der Waals surface area (Å²) in [6.07, 6.45) is 3.87. The number of carbonyl (C=O) groups is 12. The molecule has 96 heavy (non-hydrogen) atoms. The van der Waals surface area contributed by atoms with Crippen LogP contribution in [-0.4, -0.2) is 244 Å². The summed E-state index contributed by atoms with van der Waals surface area (Å²) in [5, 5.41) is 15.1. The third kappa shape index (κ3) is 21.9. The molecule has 0 radical (unpaired) electrons. The van der Waals surface area contributed by atoms with Crippen LogP contribution in [0.1, 0.15) is 195 Å². The van der Waals surface area contributed by atoms with Crippen molar-refractivity contribution in [2.24, 2.45) is 59.2 Å². The van der Waals surface area contributed by atoms with E-state index in [2.05, 4.69) is 5.32 Å². The first-order chi connectivity index (χ1) is 44.6. The summed E-state index contributed by atoms with van der Waals surface area (Å²) in [5.74, 6) is -12.1. The van der Waals surface area contributed by atoms with E-state index in [0.717, 1.165) is 22.6 Å². The van der Waals surface area contributed by atoms with Crippen molar-refractivity contribution in [2.75, 3.05) is 62.4 Å². The number of rotatable bonds is 17. The van der Waals surface area contributed by atoms with Gasteiger partial charge in [-0.05, 0) is 107 Å². The van der Waals surface area contributed by atoms with Crippen LogP contribution in [0.3, 0.4) is 0 Å². The second-order valence-corrected chi connectivity index (χ2v) is 30.5. The predicted molar refractivity (Wildman–Crippen MR) is 370 cm³/mol. The molecule has 23 nitrogen and oxygen atoms in total. The fourth-order valence-corrected chi connectivity index (χ4v) is 14.1. The number of aliphatic hydroxyl groups is 1. The minimum Gasteiger partial charge on any atom is -0.390 e. The molecule has 0 saturated carbocycles. The Morgan fingerprint density at radius 3 is 1.49 bits per heavy atom. The number of ether oxygens (including phenoxy) is 1. The fraction of sp³-hybridized carbons (Fsp3) is 0.808. The number of hydrogen-bond acceptors (Lipinski definition) is 14. The van der Waals surface area contributed by atoms with Crippen LogP contribution in [0.2, 0.25) is 0 Å². The van der Waals surface area contributed by atoms with Crippen molar-refractivity contribution in [3.8, 4) is 0 Å². The van der Waals surface area contributed by atoms with Crippen LogP contribution < -0.4 is 5.32 Å². The average molecular weight is 1350 g/mol. The van der Waals surface area contributed by atoms with Crippen LogP contribution in [0, 0.1) is 59.2 Å². The van der Waals surface area contributed by atoms with Gasteiger partial charge in [-0.3, -0.25) is 57.5 Å². The number of fused-ring (bicyclic) bond motifs is 2. The van der Waals surface area contributed by atoms with Crippen molar-refractivity contribution in [1.29, 1.82) is 0 Å². The number of aliphatic hydroxyl groups excluding tert-OH is 1. The molecule has 0 aromatic heterocycles. The first-order valence-corrected chi connectivity index (χ1v) is 35.6. The van der Waals surface area contributed by atoms with Gasteiger partial charge in [0.15, 0.2) is 11.6 Å². The van der Waals surface area contributed by atoms with Crippen molar-refractivity contribution < 1.29 is 67.4 Å². The van der Waals surface area contributed by atoms with Crippen molar-refractivity contribution in [2.45, 2.75) is 261 Å². The first-order valence-electron chi connectivity index (χ1n) is 35.6. The lowest BCUT2D eigenvalue weighted by atomic mass is 9.82. The molecule has 3 fully saturated rings. The normalized spacial score (nSPS) is 29.4. The van der Waals surface area contributed by atoms with E-state index in [-0.39, 0.29) is 105 Å². The maximum Gasteiger partial charge on any atom is 0.246 e. The number of nitrogens with zero attached hydrogens (tertiary/aromatic N) is 8. The smallest absolute Gasteiger partial charge is 0.246 e. The van der Waals surface area contributed by atoms with Gasteiger partial charge in [0.05, 0.1) is 30.4 Å². The van der Waals surface area contributed by atoms with Crippen LogP contribution >= 0.6 is 0 Å². The molecule has 3 rings (SSSR count). The lowest BCUT2D eigenvalue weighted by molar-refractivity contribution is -0.157. The molecule has 0 aromatic rings. The van der Waals surface area contributed by atoms with Crippen LogP contribution in [0.4, 0.5) is 0 Å². The number of likely N-dealkylation sites (tertiary alicyclic amines) is 1. The number of hydrogen-bond donors (Lipinski definition) is 2. The Morgan fingerprint density at radius 1 is 0.531 bits per heavy atom. The first kappa shape index (κ1) is 84.1. The summed E-state index contributed by atoms with van der Waals surface area (Å²) < 4.78 is 5.99. The molecule has 3 aliphatic heterocycles. The van der Waals surface area contributed by atoms with Crippen molar-refractivity contribution in [3.05, 3.63) is 12.2 Å². The Kier molecular flexibility index (Phi) is 33.1. The zero-order valence-corrected chi connectivity index (χ0v) is 63.0. The molecular weight excluding hydrogens is 1230 g/mol. The molecule has 2 unspecified atom stereocenters. The molecule has 3 saturated heterocycles. The molecule has 0 spiro atoms. The highest BCUT2D eigenvalue weighted by Crippen LogP contribution is 2.32. The van der Waals surface area contributed by atoms with E-state index in [1.807, 2.05) is 47.6 Å². The Labute approximate surface area is 575 Å². The SMILES string of the molecule is C/C=C/C[C@@H](C)[C@@H](O)[C@H]1C(=O)N[C@@H](CC)C(=O)N(C)[C@H](C)C(=O)N(C)[C@@H]([C@H](C)CCC(=O)N2CC3CCC(C2)O3)C(=O)C[C@@H](C(C)C)C(=O)N(C)[C@@H](CC(C)C)C(=O)C[C@@H](C)C(=O)C[C@H](C)C(=O)N(C)[C@@H](CC(C)C)C(=O)N(C)[C@@H](CC(C)C)C(=O)N(C)[C@@H](C(C)C)C(=O)N1C. The summed E-state index contributed by atoms with van der Waals surface area (Å²) in [5.41, 5.74) is 0. The Hall–Kier alpha value is -6.10. The minimum atomic E-state index is -1.64. The van der Waals surface area contributed by atoms with Crippen molar-refractivity contribution >= 4 is 70.5 Å². The number of ketones is 3. The number of nitrogens with one attached hydrogen (secondary N) is 1. The van der Waals surface area contributed by atoms with Crippen LogP contribution in [0.15, 0.2) is 12.2 Å². The quantitative estimate of drug-likeness (QED) is 0.144. The van der Waals surface area contributed by atoms with Crippen molar-refractivity contribution in [3.63, 3.8) is 0 Å².